The van der Waals surface area contributed by atoms with Gasteiger partial charge in [-0.3, -0.25) is 4.90 Å². The van der Waals surface area contributed by atoms with Gasteiger partial charge in [0.25, 0.3) is 0 Å². The number of halogens is 1. The molecule has 1 saturated heterocycles. The highest BCUT2D eigenvalue weighted by Gasteiger charge is 2.40. The van der Waals surface area contributed by atoms with E-state index < -0.39 is 5.41 Å². The Labute approximate surface area is 172 Å². The molecule has 154 valence electrons. The van der Waals surface area contributed by atoms with Crippen molar-refractivity contribution in [3.8, 4) is 0 Å². The van der Waals surface area contributed by atoms with Gasteiger partial charge < -0.3 is 9.84 Å². The van der Waals surface area contributed by atoms with Crippen LogP contribution in [0.25, 0.3) is 0 Å². The molecule has 1 N–H and O–H groups in total. The molecule has 29 heavy (non-hydrogen) atoms. The molecule has 0 spiro atoms. The van der Waals surface area contributed by atoms with Crippen LogP contribution in [-0.4, -0.2) is 42.7 Å². The molecular weight excluding hydrogens is 367 g/mol. The molecular formula is C24H29FN2O2. The van der Waals surface area contributed by atoms with Crippen molar-refractivity contribution < 1.29 is 14.2 Å². The highest BCUT2D eigenvalue weighted by atomic mass is 19.1. The van der Waals surface area contributed by atoms with Crippen molar-refractivity contribution in [3.05, 3.63) is 83.8 Å². The third-order valence-electron chi connectivity index (χ3n) is 5.59. The summed E-state index contributed by atoms with van der Waals surface area (Å²) >= 11 is 0. The van der Waals surface area contributed by atoms with E-state index in [0.29, 0.717) is 18.0 Å². The largest absolute Gasteiger partial charge is 0.484 e. The molecule has 0 saturated carbocycles. The van der Waals surface area contributed by atoms with Gasteiger partial charge in [0.05, 0.1) is 19.1 Å². The molecule has 1 aliphatic rings. The Kier molecular flexibility index (Phi) is 7.18. The fraction of sp³-hybridized carbons (Fsp3) is 0.375. The molecule has 5 heteroatoms. The molecule has 0 unspecified atom stereocenters. The molecule has 1 fully saturated rings. The standard InChI is InChI=1S/C24H29FN2O2/c1-19(16-20-8-10-22(25)11-9-20)26-23(29-2)24(18-28)12-14-27(15-13-24)17-21-6-4-3-5-7-21/h3-11,28H,1,12-18H2,2H3. The zero-order valence-corrected chi connectivity index (χ0v) is 17.0. The number of ether oxygens (including phenoxy) is 1. The van der Waals surface area contributed by atoms with Crippen LogP contribution in [0, 0.1) is 11.2 Å². The van der Waals surface area contributed by atoms with E-state index in [0.717, 1.165) is 38.0 Å². The lowest BCUT2D eigenvalue weighted by molar-refractivity contribution is 0.0740. The number of allylic oxidation sites excluding steroid dienone is 1. The molecule has 4 nitrogen and oxygen atoms in total. The van der Waals surface area contributed by atoms with Gasteiger partial charge in [-0.2, -0.15) is 0 Å². The van der Waals surface area contributed by atoms with Gasteiger partial charge in [-0.1, -0.05) is 49.0 Å². The average Bonchev–Trinajstić information content (AvgIpc) is 2.75. The number of methoxy groups -OCH3 is 1. The Balaban J connectivity index is 1.65. The normalized spacial score (nSPS) is 17.1. The first-order valence-corrected chi connectivity index (χ1v) is 9.97. The summed E-state index contributed by atoms with van der Waals surface area (Å²) < 4.78 is 18.7. The van der Waals surface area contributed by atoms with Crippen LogP contribution in [0.1, 0.15) is 24.0 Å². The number of likely N-dealkylation sites (tertiary alicyclic amines) is 1. The predicted molar refractivity (Wildman–Crippen MR) is 114 cm³/mol. The second-order valence-corrected chi connectivity index (χ2v) is 7.69. The van der Waals surface area contributed by atoms with E-state index in [1.54, 1.807) is 19.2 Å². The quantitative estimate of drug-likeness (QED) is 0.564. The number of aliphatic hydroxyl groups is 1. The molecule has 0 radical (unpaired) electrons. The van der Waals surface area contributed by atoms with Gasteiger partial charge in [-0.15, -0.1) is 0 Å². The smallest absolute Gasteiger partial charge is 0.196 e. The summed E-state index contributed by atoms with van der Waals surface area (Å²) in [6.07, 6.45) is 2.05. The van der Waals surface area contributed by atoms with Crippen molar-refractivity contribution in [1.82, 2.24) is 4.90 Å². The first kappa shape index (κ1) is 21.2. The predicted octanol–water partition coefficient (Wildman–Crippen LogP) is 4.20. The van der Waals surface area contributed by atoms with E-state index in [9.17, 15) is 9.50 Å². The maximum Gasteiger partial charge on any atom is 0.196 e. The van der Waals surface area contributed by atoms with Gasteiger partial charge in [0.1, 0.15) is 5.82 Å². The average molecular weight is 397 g/mol. The van der Waals surface area contributed by atoms with Crippen LogP contribution in [0.2, 0.25) is 0 Å². The number of hydrogen-bond donors (Lipinski definition) is 1. The van der Waals surface area contributed by atoms with Crippen LogP contribution < -0.4 is 0 Å². The molecule has 2 aromatic carbocycles. The van der Waals surface area contributed by atoms with E-state index in [1.165, 1.54) is 17.7 Å². The van der Waals surface area contributed by atoms with Crippen molar-refractivity contribution in [2.24, 2.45) is 10.4 Å². The Morgan fingerprint density at radius 2 is 1.76 bits per heavy atom. The van der Waals surface area contributed by atoms with E-state index in [2.05, 4.69) is 40.7 Å². The SMILES string of the molecule is C=C(Cc1ccc(F)cc1)N=C(OC)C1(CO)CCN(Cc2ccccc2)CC1. The van der Waals surface area contributed by atoms with E-state index in [1.807, 2.05) is 6.07 Å². The summed E-state index contributed by atoms with van der Waals surface area (Å²) in [4.78, 5) is 7.01. The number of nitrogens with zero attached hydrogens (tertiary/aromatic N) is 2. The van der Waals surface area contributed by atoms with Gasteiger partial charge in [0.2, 0.25) is 0 Å². The Morgan fingerprint density at radius 1 is 1.10 bits per heavy atom. The molecule has 0 aromatic heterocycles. The van der Waals surface area contributed by atoms with Crippen molar-refractivity contribution >= 4 is 5.90 Å². The summed E-state index contributed by atoms with van der Waals surface area (Å²) in [5, 5.41) is 10.2. The van der Waals surface area contributed by atoms with Gasteiger partial charge in [0, 0.05) is 18.7 Å². The van der Waals surface area contributed by atoms with Crippen LogP contribution >= 0.6 is 0 Å². The number of piperidine rings is 1. The molecule has 1 heterocycles. The van der Waals surface area contributed by atoms with Crippen molar-refractivity contribution in [2.45, 2.75) is 25.8 Å². The van der Waals surface area contributed by atoms with Crippen molar-refractivity contribution in [1.29, 1.82) is 0 Å². The minimum atomic E-state index is -0.492. The van der Waals surface area contributed by atoms with E-state index >= 15 is 0 Å². The maximum absolute atomic E-state index is 13.1. The number of benzene rings is 2. The van der Waals surface area contributed by atoms with Crippen molar-refractivity contribution in [2.75, 3.05) is 26.8 Å². The molecule has 0 atom stereocenters. The number of rotatable bonds is 7. The zero-order valence-electron chi connectivity index (χ0n) is 17.0. The molecule has 0 amide bonds. The van der Waals surface area contributed by atoms with E-state index in [4.69, 9.17) is 4.74 Å². The number of aliphatic hydroxyl groups excluding tert-OH is 1. The van der Waals surface area contributed by atoms with Crippen LogP contribution in [0.3, 0.4) is 0 Å². The second kappa shape index (κ2) is 9.81. The fourth-order valence-corrected chi connectivity index (χ4v) is 3.82. The van der Waals surface area contributed by atoms with Gasteiger partial charge in [0.15, 0.2) is 5.90 Å². The van der Waals surface area contributed by atoms with Crippen LogP contribution in [0.4, 0.5) is 4.39 Å². The molecule has 0 bridgehead atoms. The zero-order chi connectivity index (χ0) is 20.7. The lowest BCUT2D eigenvalue weighted by Crippen LogP contribution is -2.46. The van der Waals surface area contributed by atoms with Gasteiger partial charge >= 0.3 is 0 Å². The van der Waals surface area contributed by atoms with Crippen molar-refractivity contribution in [3.63, 3.8) is 0 Å². The lowest BCUT2D eigenvalue weighted by atomic mass is 9.78. The summed E-state index contributed by atoms with van der Waals surface area (Å²) in [5.41, 5.74) is 2.37. The highest BCUT2D eigenvalue weighted by molar-refractivity contribution is 5.84. The Morgan fingerprint density at radius 3 is 2.34 bits per heavy atom. The molecule has 2 aromatic rings. The van der Waals surface area contributed by atoms with Crippen LogP contribution in [0.5, 0.6) is 0 Å². The first-order valence-electron chi connectivity index (χ1n) is 9.97. The lowest BCUT2D eigenvalue weighted by Gasteiger charge is -2.40. The maximum atomic E-state index is 13.1. The summed E-state index contributed by atoms with van der Waals surface area (Å²) in [7, 11) is 1.60. The Hall–Kier alpha value is -2.50. The van der Waals surface area contributed by atoms with Gasteiger partial charge in [-0.25, -0.2) is 9.38 Å². The fourth-order valence-electron chi connectivity index (χ4n) is 3.82. The Bertz CT molecular complexity index is 826. The second-order valence-electron chi connectivity index (χ2n) is 7.69. The third-order valence-corrected chi connectivity index (χ3v) is 5.59. The molecule has 3 rings (SSSR count). The minimum Gasteiger partial charge on any atom is -0.484 e. The number of hydrogen-bond acceptors (Lipinski definition) is 4. The third kappa shape index (κ3) is 5.52. The highest BCUT2D eigenvalue weighted by Crippen LogP contribution is 2.34. The first-order chi connectivity index (χ1) is 14.0. The van der Waals surface area contributed by atoms with Gasteiger partial charge in [-0.05, 0) is 49.2 Å². The molecule has 1 aliphatic heterocycles. The van der Waals surface area contributed by atoms with Crippen LogP contribution in [0.15, 0.2) is 71.9 Å². The van der Waals surface area contributed by atoms with E-state index in [-0.39, 0.29) is 12.4 Å². The van der Waals surface area contributed by atoms with Crippen LogP contribution in [-0.2, 0) is 17.7 Å². The summed E-state index contributed by atoms with van der Waals surface area (Å²) in [5.74, 6) is 0.272. The topological polar surface area (TPSA) is 45.1 Å². The molecule has 0 aliphatic carbocycles. The summed E-state index contributed by atoms with van der Waals surface area (Å²) in [6.45, 7) is 6.66. The summed E-state index contributed by atoms with van der Waals surface area (Å²) in [6, 6.07) is 16.7. The minimum absolute atomic E-state index is 0.0112. The number of aliphatic imine (C=N–C) groups is 1. The monoisotopic (exact) mass is 396 g/mol.